The van der Waals surface area contributed by atoms with Gasteiger partial charge in [-0.3, -0.25) is 9.59 Å². The van der Waals surface area contributed by atoms with Gasteiger partial charge in [0.25, 0.3) is 0 Å². The molecule has 4 aliphatic rings. The minimum atomic E-state index is -1.97. The molecule has 2 fully saturated rings. The van der Waals surface area contributed by atoms with Crippen LogP contribution in [0, 0.1) is 29.1 Å². The Morgan fingerprint density at radius 2 is 1.70 bits per heavy atom. The third kappa shape index (κ3) is 5.50. The first-order chi connectivity index (χ1) is 21.8. The number of hydrogen-bond acceptors (Lipinski definition) is 8. The maximum atomic E-state index is 13.5. The van der Waals surface area contributed by atoms with Crippen LogP contribution in [0.25, 0.3) is 6.08 Å². The summed E-state index contributed by atoms with van der Waals surface area (Å²) in [4.78, 5) is 40.4. The quantitative estimate of drug-likeness (QED) is 0.119. The largest absolute Gasteiger partial charge is 0.455 e. The highest BCUT2D eigenvalue weighted by Crippen LogP contribution is 2.77. The third-order valence-electron chi connectivity index (χ3n) is 11.4. The SMILES string of the molecule is CCCCCCCCC(=O)O[C@@]12[C@H](OC(=O)/C=C/c3ccccc3)[C@@H](C)[C@@]3(O)[C@@H](C=C(CO)C[C@]4(O)C(=O)C(C)=C[C@@H]34)[C@@H]1C2(C)C. The Morgan fingerprint density at radius 3 is 2.37 bits per heavy atom. The number of ether oxygens (including phenoxy) is 2. The first kappa shape index (κ1) is 34.3. The van der Waals surface area contributed by atoms with Gasteiger partial charge < -0.3 is 24.8 Å². The van der Waals surface area contributed by atoms with E-state index in [2.05, 4.69) is 6.92 Å². The van der Waals surface area contributed by atoms with Crippen molar-refractivity contribution in [1.82, 2.24) is 0 Å². The van der Waals surface area contributed by atoms with E-state index in [1.54, 1.807) is 32.1 Å². The summed E-state index contributed by atoms with van der Waals surface area (Å²) in [5.41, 5.74) is -4.16. The summed E-state index contributed by atoms with van der Waals surface area (Å²) < 4.78 is 12.6. The van der Waals surface area contributed by atoms with Gasteiger partial charge in [0.2, 0.25) is 0 Å². The van der Waals surface area contributed by atoms with Crippen LogP contribution < -0.4 is 0 Å². The Hall–Kier alpha value is -3.07. The van der Waals surface area contributed by atoms with Gasteiger partial charge in [0.05, 0.1) is 12.2 Å². The molecule has 4 aliphatic carbocycles. The molecule has 0 amide bonds. The molecule has 2 saturated carbocycles. The van der Waals surface area contributed by atoms with Crippen LogP contribution in [0.5, 0.6) is 0 Å². The van der Waals surface area contributed by atoms with Crippen LogP contribution in [0.4, 0.5) is 0 Å². The zero-order valence-electron chi connectivity index (χ0n) is 27.8. The molecule has 8 heteroatoms. The maximum absolute atomic E-state index is 13.5. The van der Waals surface area contributed by atoms with Crippen molar-refractivity contribution in [3.63, 3.8) is 0 Å². The van der Waals surface area contributed by atoms with Crippen molar-refractivity contribution in [3.8, 4) is 0 Å². The lowest BCUT2D eigenvalue weighted by Gasteiger charge is -2.53. The van der Waals surface area contributed by atoms with E-state index in [1.165, 1.54) is 6.08 Å². The van der Waals surface area contributed by atoms with Crippen molar-refractivity contribution in [3.05, 3.63) is 65.3 Å². The predicted octanol–water partition coefficient (Wildman–Crippen LogP) is 5.50. The van der Waals surface area contributed by atoms with Crippen molar-refractivity contribution in [2.75, 3.05) is 6.61 Å². The summed E-state index contributed by atoms with van der Waals surface area (Å²) >= 11 is 0. The molecule has 0 aromatic heterocycles. The number of carbonyl (C=O) groups is 3. The Bertz CT molecular complexity index is 1430. The van der Waals surface area contributed by atoms with E-state index in [0.717, 1.165) is 37.7 Å². The Kier molecular flexibility index (Phi) is 9.57. The summed E-state index contributed by atoms with van der Waals surface area (Å²) in [6, 6.07) is 9.31. The molecule has 0 heterocycles. The Labute approximate surface area is 272 Å². The van der Waals surface area contributed by atoms with Crippen molar-refractivity contribution in [2.45, 2.75) is 109 Å². The second-order valence-corrected chi connectivity index (χ2v) is 14.5. The molecular formula is C38H50O8. The van der Waals surface area contributed by atoms with Crippen molar-refractivity contribution in [2.24, 2.45) is 29.1 Å². The van der Waals surface area contributed by atoms with Gasteiger partial charge in [-0.25, -0.2) is 4.79 Å². The predicted molar refractivity (Wildman–Crippen MR) is 174 cm³/mol. The minimum Gasteiger partial charge on any atom is -0.455 e. The summed E-state index contributed by atoms with van der Waals surface area (Å²) in [5, 5.41) is 35.2. The van der Waals surface area contributed by atoms with Crippen LogP contribution in [0.2, 0.25) is 0 Å². The fourth-order valence-electron chi connectivity index (χ4n) is 9.01. The zero-order chi connectivity index (χ0) is 33.5. The molecule has 5 rings (SSSR count). The summed E-state index contributed by atoms with van der Waals surface area (Å²) in [5.74, 6) is -4.64. The number of fused-ring (bicyclic) bond motifs is 5. The van der Waals surface area contributed by atoms with E-state index in [0.29, 0.717) is 17.6 Å². The maximum Gasteiger partial charge on any atom is 0.331 e. The monoisotopic (exact) mass is 634 g/mol. The number of carbonyl (C=O) groups excluding carboxylic acids is 3. The molecular weight excluding hydrogens is 584 g/mol. The lowest BCUT2D eigenvalue weighted by atomic mass is 9.59. The molecule has 1 aromatic rings. The summed E-state index contributed by atoms with van der Waals surface area (Å²) in [7, 11) is 0. The van der Waals surface area contributed by atoms with E-state index < -0.39 is 70.4 Å². The lowest BCUT2D eigenvalue weighted by molar-refractivity contribution is -0.227. The molecule has 0 unspecified atom stereocenters. The fraction of sp³-hybridized carbons (Fsp3) is 0.605. The normalized spacial score (nSPS) is 35.7. The van der Waals surface area contributed by atoms with Crippen LogP contribution in [-0.2, 0) is 23.9 Å². The second-order valence-electron chi connectivity index (χ2n) is 14.5. The minimum absolute atomic E-state index is 0.130. The molecule has 8 atom stereocenters. The van der Waals surface area contributed by atoms with Gasteiger partial charge in [-0.15, -0.1) is 0 Å². The van der Waals surface area contributed by atoms with Crippen LogP contribution in [0.1, 0.15) is 91.5 Å². The third-order valence-corrected chi connectivity index (χ3v) is 11.4. The molecule has 8 nitrogen and oxygen atoms in total. The number of benzene rings is 1. The first-order valence-electron chi connectivity index (χ1n) is 16.9. The highest BCUT2D eigenvalue weighted by molar-refractivity contribution is 6.04. The van der Waals surface area contributed by atoms with Crippen LogP contribution >= 0.6 is 0 Å². The first-order valence-corrected chi connectivity index (χ1v) is 16.9. The van der Waals surface area contributed by atoms with Gasteiger partial charge >= 0.3 is 11.9 Å². The number of esters is 2. The second kappa shape index (κ2) is 12.9. The van der Waals surface area contributed by atoms with Crippen molar-refractivity contribution < 1.29 is 39.2 Å². The molecule has 3 N–H and O–H groups in total. The number of aliphatic hydroxyl groups is 3. The molecule has 0 bridgehead atoms. The number of unbranched alkanes of at least 4 members (excludes halogenated alkanes) is 5. The molecule has 250 valence electrons. The molecule has 0 radical (unpaired) electrons. The molecule has 0 spiro atoms. The average molecular weight is 635 g/mol. The lowest BCUT2D eigenvalue weighted by Crippen LogP contribution is -2.66. The topological polar surface area (TPSA) is 130 Å². The van der Waals surface area contributed by atoms with E-state index in [1.807, 2.05) is 44.2 Å². The Morgan fingerprint density at radius 1 is 1.02 bits per heavy atom. The van der Waals surface area contributed by atoms with E-state index >= 15 is 0 Å². The van der Waals surface area contributed by atoms with Crippen molar-refractivity contribution in [1.29, 1.82) is 0 Å². The fourth-order valence-corrected chi connectivity index (χ4v) is 9.01. The summed E-state index contributed by atoms with van der Waals surface area (Å²) in [6.45, 7) is 9.00. The highest BCUT2D eigenvalue weighted by atomic mass is 16.6. The molecule has 0 saturated heterocycles. The number of ketones is 1. The van der Waals surface area contributed by atoms with E-state index in [4.69, 9.17) is 9.47 Å². The smallest absolute Gasteiger partial charge is 0.331 e. The van der Waals surface area contributed by atoms with Crippen molar-refractivity contribution >= 4 is 23.8 Å². The zero-order valence-corrected chi connectivity index (χ0v) is 27.8. The van der Waals surface area contributed by atoms with Gasteiger partial charge in [-0.1, -0.05) is 102 Å². The molecule has 1 aromatic carbocycles. The van der Waals surface area contributed by atoms with Gasteiger partial charge in [0.1, 0.15) is 11.7 Å². The van der Waals surface area contributed by atoms with Gasteiger partial charge in [0, 0.05) is 48.0 Å². The summed E-state index contributed by atoms with van der Waals surface area (Å²) in [6.07, 6.45) is 11.5. The standard InChI is InChI=1S/C38H50O8/c1-6-7-8-9-10-14-17-31(41)46-38-32(35(38,4)5)28-21-27(23-39)22-36(43)29(20-24(2)33(36)42)37(28,44)25(3)34(38)45-30(40)19-18-26-15-12-11-13-16-26/h11-13,15-16,18-21,25,28-29,32,34,39,43-44H,6-10,14,17,22-23H2,1-5H3/b19-18+/t25-,28+,29-,32-,34-,36-,37-,38-/m1/s1. The van der Waals surface area contributed by atoms with Crippen LogP contribution in [0.15, 0.2) is 59.7 Å². The van der Waals surface area contributed by atoms with E-state index in [9.17, 15) is 29.7 Å². The number of Topliss-reactive ketones (excluding diaryl/α,β-unsaturated/α-hetero) is 1. The van der Waals surface area contributed by atoms with Crippen LogP contribution in [-0.4, -0.2) is 62.6 Å². The number of aliphatic hydroxyl groups excluding tert-OH is 1. The average Bonchev–Trinajstić information content (AvgIpc) is 3.45. The van der Waals surface area contributed by atoms with Gasteiger partial charge in [0.15, 0.2) is 11.4 Å². The van der Waals surface area contributed by atoms with E-state index in [-0.39, 0.29) is 18.8 Å². The van der Waals surface area contributed by atoms with Gasteiger partial charge in [-0.2, -0.15) is 0 Å². The van der Waals surface area contributed by atoms with Gasteiger partial charge in [-0.05, 0) is 36.1 Å². The van der Waals surface area contributed by atoms with Crippen LogP contribution in [0.3, 0.4) is 0 Å². The molecule has 46 heavy (non-hydrogen) atoms. The number of rotatable bonds is 12. The molecule has 0 aliphatic heterocycles. The number of hydrogen-bond donors (Lipinski definition) is 3. The Balaban J connectivity index is 1.53. The highest BCUT2D eigenvalue weighted by Gasteiger charge is 2.87.